The van der Waals surface area contributed by atoms with Gasteiger partial charge in [-0.25, -0.2) is 4.79 Å². The quantitative estimate of drug-likeness (QED) is 0.728. The van der Waals surface area contributed by atoms with E-state index in [-0.39, 0.29) is 11.9 Å². The van der Waals surface area contributed by atoms with E-state index in [0.717, 1.165) is 19.5 Å². The Hall–Kier alpha value is -2.08. The van der Waals surface area contributed by atoms with Crippen LogP contribution in [0.2, 0.25) is 0 Å². The molecular formula is C18H26N4O2. The van der Waals surface area contributed by atoms with Crippen LogP contribution in [-0.2, 0) is 6.42 Å². The molecule has 0 spiro atoms. The summed E-state index contributed by atoms with van der Waals surface area (Å²) in [5, 5.41) is 9.05. The molecule has 0 unspecified atom stereocenters. The van der Waals surface area contributed by atoms with E-state index in [4.69, 9.17) is 0 Å². The summed E-state index contributed by atoms with van der Waals surface area (Å²) in [6.45, 7) is 4.60. The summed E-state index contributed by atoms with van der Waals surface area (Å²) in [5.74, 6) is 0.639. The first-order valence-electron chi connectivity index (χ1n) is 8.83. The minimum atomic E-state index is -0.0678. The van der Waals surface area contributed by atoms with E-state index in [9.17, 15) is 9.59 Å². The molecule has 2 aliphatic rings. The van der Waals surface area contributed by atoms with E-state index >= 15 is 0 Å². The van der Waals surface area contributed by atoms with Gasteiger partial charge in [-0.2, -0.15) is 0 Å². The summed E-state index contributed by atoms with van der Waals surface area (Å²) in [6, 6.07) is 7.87. The lowest BCUT2D eigenvalue weighted by Gasteiger charge is -2.22. The number of rotatable bonds is 6. The minimum absolute atomic E-state index is 0.0479. The molecule has 6 heteroatoms. The Morgan fingerprint density at radius 3 is 2.83 bits per heavy atom. The molecule has 130 valence electrons. The van der Waals surface area contributed by atoms with Crippen LogP contribution in [0.5, 0.6) is 0 Å². The van der Waals surface area contributed by atoms with Crippen LogP contribution in [0.25, 0.3) is 0 Å². The topological polar surface area (TPSA) is 73.5 Å². The molecule has 2 fully saturated rings. The van der Waals surface area contributed by atoms with Gasteiger partial charge in [-0.05, 0) is 56.0 Å². The number of piperidine rings is 1. The van der Waals surface area contributed by atoms with Crippen molar-refractivity contribution in [3.8, 4) is 0 Å². The molecule has 24 heavy (non-hydrogen) atoms. The van der Waals surface area contributed by atoms with Crippen molar-refractivity contribution in [1.29, 1.82) is 0 Å². The van der Waals surface area contributed by atoms with Crippen LogP contribution in [0.3, 0.4) is 0 Å². The number of carbonyl (C=O) groups excluding carboxylic acids is 2. The van der Waals surface area contributed by atoms with E-state index in [1.165, 1.54) is 18.4 Å². The molecule has 1 aromatic carbocycles. The lowest BCUT2D eigenvalue weighted by Crippen LogP contribution is -2.36. The van der Waals surface area contributed by atoms with Crippen molar-refractivity contribution in [2.75, 3.05) is 39.3 Å². The summed E-state index contributed by atoms with van der Waals surface area (Å²) in [5.41, 5.74) is 1.93. The van der Waals surface area contributed by atoms with E-state index in [1.54, 1.807) is 4.90 Å². The molecule has 1 aromatic rings. The number of urea groups is 1. The van der Waals surface area contributed by atoms with Gasteiger partial charge >= 0.3 is 6.03 Å². The van der Waals surface area contributed by atoms with Gasteiger partial charge < -0.3 is 20.9 Å². The highest BCUT2D eigenvalue weighted by Crippen LogP contribution is 2.18. The number of hydrogen-bond acceptors (Lipinski definition) is 3. The van der Waals surface area contributed by atoms with Gasteiger partial charge in [0, 0.05) is 31.7 Å². The zero-order valence-corrected chi connectivity index (χ0v) is 14.0. The van der Waals surface area contributed by atoms with Gasteiger partial charge in [0.1, 0.15) is 0 Å². The molecule has 2 heterocycles. The molecule has 0 saturated carbocycles. The molecule has 3 N–H and O–H groups in total. The first-order chi connectivity index (χ1) is 11.7. The summed E-state index contributed by atoms with van der Waals surface area (Å²) < 4.78 is 0. The zero-order chi connectivity index (χ0) is 16.8. The van der Waals surface area contributed by atoms with Crippen molar-refractivity contribution >= 4 is 11.9 Å². The molecule has 0 radical (unpaired) electrons. The van der Waals surface area contributed by atoms with Crippen LogP contribution in [0.4, 0.5) is 4.79 Å². The number of carbonyl (C=O) groups is 2. The number of hydrogen-bond donors (Lipinski definition) is 3. The van der Waals surface area contributed by atoms with Gasteiger partial charge in [0.05, 0.1) is 0 Å². The SMILES string of the molecule is O=C(NCCN1CCNC1=O)c1cccc(CC2CCNCC2)c1. The van der Waals surface area contributed by atoms with Crippen molar-refractivity contribution < 1.29 is 9.59 Å². The summed E-state index contributed by atoms with van der Waals surface area (Å²) in [7, 11) is 0. The minimum Gasteiger partial charge on any atom is -0.350 e. The Labute approximate surface area is 143 Å². The zero-order valence-electron chi connectivity index (χ0n) is 14.0. The van der Waals surface area contributed by atoms with Crippen molar-refractivity contribution in [1.82, 2.24) is 20.9 Å². The Bertz CT molecular complexity index is 584. The standard InChI is InChI=1S/C18H26N4O2/c23-17(20-8-10-22-11-9-21-18(22)24)16-3-1-2-15(13-16)12-14-4-6-19-7-5-14/h1-3,13-14,19H,4-12H2,(H,20,23)(H,21,24). The van der Waals surface area contributed by atoms with Crippen LogP contribution in [0.15, 0.2) is 24.3 Å². The average molecular weight is 330 g/mol. The fourth-order valence-corrected chi connectivity index (χ4v) is 3.39. The molecule has 0 aromatic heterocycles. The smallest absolute Gasteiger partial charge is 0.317 e. The van der Waals surface area contributed by atoms with Gasteiger partial charge in [0.2, 0.25) is 0 Å². The fourth-order valence-electron chi connectivity index (χ4n) is 3.39. The van der Waals surface area contributed by atoms with Gasteiger partial charge in [-0.3, -0.25) is 4.79 Å². The first-order valence-corrected chi connectivity index (χ1v) is 8.83. The van der Waals surface area contributed by atoms with Crippen molar-refractivity contribution in [2.45, 2.75) is 19.3 Å². The highest BCUT2D eigenvalue weighted by atomic mass is 16.2. The molecule has 0 atom stereocenters. The second-order valence-corrected chi connectivity index (χ2v) is 6.57. The van der Waals surface area contributed by atoms with Crippen molar-refractivity contribution in [2.24, 2.45) is 5.92 Å². The Morgan fingerprint density at radius 2 is 2.08 bits per heavy atom. The summed E-state index contributed by atoms with van der Waals surface area (Å²) in [4.78, 5) is 25.5. The van der Waals surface area contributed by atoms with Crippen LogP contribution in [0, 0.1) is 5.92 Å². The second-order valence-electron chi connectivity index (χ2n) is 6.57. The van der Waals surface area contributed by atoms with E-state index in [1.807, 2.05) is 18.2 Å². The fraction of sp³-hybridized carbons (Fsp3) is 0.556. The predicted octanol–water partition coefficient (Wildman–Crippen LogP) is 0.984. The molecule has 6 nitrogen and oxygen atoms in total. The number of nitrogens with one attached hydrogen (secondary N) is 3. The lowest BCUT2D eigenvalue weighted by molar-refractivity contribution is 0.0950. The number of nitrogens with zero attached hydrogens (tertiary/aromatic N) is 1. The van der Waals surface area contributed by atoms with Crippen LogP contribution >= 0.6 is 0 Å². The van der Waals surface area contributed by atoms with Gasteiger partial charge in [-0.1, -0.05) is 12.1 Å². The largest absolute Gasteiger partial charge is 0.350 e. The normalized spacial score (nSPS) is 18.5. The third-order valence-corrected chi connectivity index (χ3v) is 4.78. The molecule has 2 aliphatic heterocycles. The van der Waals surface area contributed by atoms with Crippen LogP contribution < -0.4 is 16.0 Å². The second kappa shape index (κ2) is 8.15. The van der Waals surface area contributed by atoms with E-state index in [0.29, 0.717) is 37.7 Å². The molecule has 0 bridgehead atoms. The molecule has 3 rings (SSSR count). The monoisotopic (exact) mass is 330 g/mol. The number of amides is 3. The molecule has 0 aliphatic carbocycles. The maximum absolute atomic E-state index is 12.3. The van der Waals surface area contributed by atoms with Gasteiger partial charge in [0.25, 0.3) is 5.91 Å². The summed E-state index contributed by atoms with van der Waals surface area (Å²) >= 11 is 0. The lowest BCUT2D eigenvalue weighted by atomic mass is 9.90. The Morgan fingerprint density at radius 1 is 1.25 bits per heavy atom. The highest BCUT2D eigenvalue weighted by molar-refractivity contribution is 5.94. The molecular weight excluding hydrogens is 304 g/mol. The average Bonchev–Trinajstić information content (AvgIpc) is 3.01. The van der Waals surface area contributed by atoms with Crippen molar-refractivity contribution in [3.63, 3.8) is 0 Å². The van der Waals surface area contributed by atoms with Crippen LogP contribution in [0.1, 0.15) is 28.8 Å². The first kappa shape index (κ1) is 16.8. The van der Waals surface area contributed by atoms with Gasteiger partial charge in [-0.15, -0.1) is 0 Å². The third-order valence-electron chi connectivity index (χ3n) is 4.78. The molecule has 3 amide bonds. The maximum atomic E-state index is 12.3. The van der Waals surface area contributed by atoms with Crippen molar-refractivity contribution in [3.05, 3.63) is 35.4 Å². The molecule has 2 saturated heterocycles. The Kier molecular flexibility index (Phi) is 5.69. The van der Waals surface area contributed by atoms with Gasteiger partial charge in [0.15, 0.2) is 0 Å². The number of benzene rings is 1. The predicted molar refractivity (Wildman–Crippen MR) is 93.0 cm³/mol. The third kappa shape index (κ3) is 4.47. The van der Waals surface area contributed by atoms with E-state index in [2.05, 4.69) is 22.0 Å². The van der Waals surface area contributed by atoms with Crippen LogP contribution in [-0.4, -0.2) is 56.1 Å². The Balaban J connectivity index is 1.49. The maximum Gasteiger partial charge on any atom is 0.317 e. The van der Waals surface area contributed by atoms with E-state index < -0.39 is 0 Å². The highest BCUT2D eigenvalue weighted by Gasteiger charge is 2.19. The summed E-state index contributed by atoms with van der Waals surface area (Å²) in [6.07, 6.45) is 3.44.